The lowest BCUT2D eigenvalue weighted by atomic mass is 10.2. The van der Waals surface area contributed by atoms with E-state index in [4.69, 9.17) is 0 Å². The number of thioether (sulfide) groups is 1. The number of carbonyl (C=O) groups is 1. The smallest absolute Gasteiger partial charge is 0.230 e. The van der Waals surface area contributed by atoms with Gasteiger partial charge in [-0.2, -0.15) is 0 Å². The molecule has 1 N–H and O–H groups in total. The van der Waals surface area contributed by atoms with Gasteiger partial charge in [-0.3, -0.25) is 4.79 Å². The highest BCUT2D eigenvalue weighted by Gasteiger charge is 2.22. The Morgan fingerprint density at radius 2 is 2.22 bits per heavy atom. The zero-order valence-electron chi connectivity index (χ0n) is 13.9. The molecule has 0 saturated carbocycles. The molecule has 2 aromatic rings. The summed E-state index contributed by atoms with van der Waals surface area (Å²) in [4.78, 5) is 23.9. The number of hydrogen-bond donors (Lipinski definition) is 1. The number of nitrogens with zero attached hydrogens (tertiary/aromatic N) is 2. The first-order chi connectivity index (χ1) is 11.1. The Hall–Kier alpha value is -1.14. The van der Waals surface area contributed by atoms with Crippen LogP contribution in [0.25, 0.3) is 10.2 Å². The molecule has 1 aliphatic carbocycles. The number of aromatic nitrogens is 2. The molecule has 1 amide bonds. The third-order valence-electron chi connectivity index (χ3n) is 4.11. The highest BCUT2D eigenvalue weighted by atomic mass is 32.2. The summed E-state index contributed by atoms with van der Waals surface area (Å²) in [5, 5.41) is 5.24. The Morgan fingerprint density at radius 3 is 3.00 bits per heavy atom. The number of amides is 1. The second-order valence-electron chi connectivity index (χ2n) is 6.16. The van der Waals surface area contributed by atoms with Crippen LogP contribution < -0.4 is 5.32 Å². The minimum Gasteiger partial charge on any atom is -0.353 e. The van der Waals surface area contributed by atoms with E-state index in [1.165, 1.54) is 22.2 Å². The first-order valence-corrected chi connectivity index (χ1v) is 10.1. The Balaban J connectivity index is 1.76. The molecule has 0 fully saturated rings. The standard InChI is InChI=1S/C17H23N3OS2/c1-4-6-10(2)18-14(21)9-22-16-15-12-7-5-8-13(12)23-17(15)20-11(3)19-16/h10H,4-9H2,1-3H3,(H,18,21)/t10-/m0/s1. The minimum atomic E-state index is 0.0900. The molecule has 0 unspecified atom stereocenters. The van der Waals surface area contributed by atoms with Crippen LogP contribution >= 0.6 is 23.1 Å². The van der Waals surface area contributed by atoms with Crippen molar-refractivity contribution in [1.82, 2.24) is 15.3 Å². The number of hydrogen-bond acceptors (Lipinski definition) is 5. The number of thiophene rings is 1. The maximum Gasteiger partial charge on any atom is 0.230 e. The maximum absolute atomic E-state index is 12.1. The maximum atomic E-state index is 12.1. The van der Waals surface area contributed by atoms with Crippen LogP contribution in [0.4, 0.5) is 0 Å². The molecule has 0 aromatic carbocycles. The summed E-state index contributed by atoms with van der Waals surface area (Å²) in [6.45, 7) is 6.12. The Kier molecular flexibility index (Phi) is 5.21. The van der Waals surface area contributed by atoms with Gasteiger partial charge >= 0.3 is 0 Å². The zero-order chi connectivity index (χ0) is 16.4. The predicted octanol–water partition coefficient (Wildman–Crippen LogP) is 3.89. The lowest BCUT2D eigenvalue weighted by molar-refractivity contribution is -0.119. The molecule has 6 heteroatoms. The van der Waals surface area contributed by atoms with Gasteiger partial charge in [0.05, 0.1) is 5.75 Å². The summed E-state index contributed by atoms with van der Waals surface area (Å²) in [6, 6.07) is 0.241. The molecule has 23 heavy (non-hydrogen) atoms. The number of rotatable bonds is 6. The molecule has 2 heterocycles. The molecule has 0 saturated heterocycles. The normalized spacial score (nSPS) is 14.9. The van der Waals surface area contributed by atoms with Crippen LogP contribution in [0.5, 0.6) is 0 Å². The Bertz CT molecular complexity index is 726. The molecule has 0 aliphatic heterocycles. The molecule has 3 rings (SSSR count). The third-order valence-corrected chi connectivity index (χ3v) is 6.27. The molecule has 4 nitrogen and oxygen atoms in total. The van der Waals surface area contributed by atoms with E-state index < -0.39 is 0 Å². The van der Waals surface area contributed by atoms with Gasteiger partial charge in [-0.15, -0.1) is 11.3 Å². The van der Waals surface area contributed by atoms with Gasteiger partial charge in [0, 0.05) is 16.3 Å². The van der Waals surface area contributed by atoms with E-state index in [-0.39, 0.29) is 11.9 Å². The van der Waals surface area contributed by atoms with Gasteiger partial charge < -0.3 is 5.32 Å². The molecular weight excluding hydrogens is 326 g/mol. The lowest BCUT2D eigenvalue weighted by Crippen LogP contribution is -2.33. The SMILES string of the molecule is CCC[C@H](C)NC(=O)CSc1nc(C)nc2sc3c(c12)CCC3. The predicted molar refractivity (Wildman–Crippen MR) is 97.4 cm³/mol. The van der Waals surface area contributed by atoms with Crippen LogP contribution in [0.1, 0.15) is 49.4 Å². The van der Waals surface area contributed by atoms with Crippen molar-refractivity contribution in [1.29, 1.82) is 0 Å². The van der Waals surface area contributed by atoms with Gasteiger partial charge in [-0.25, -0.2) is 9.97 Å². The average Bonchev–Trinajstić information content (AvgIpc) is 3.04. The van der Waals surface area contributed by atoms with Crippen molar-refractivity contribution in [3.63, 3.8) is 0 Å². The fraction of sp³-hybridized carbons (Fsp3) is 0.588. The van der Waals surface area contributed by atoms with E-state index in [0.717, 1.165) is 41.4 Å². The highest BCUT2D eigenvalue weighted by molar-refractivity contribution is 8.00. The van der Waals surface area contributed by atoms with Gasteiger partial charge in [-0.1, -0.05) is 25.1 Å². The monoisotopic (exact) mass is 349 g/mol. The molecular formula is C17H23N3OS2. The average molecular weight is 350 g/mol. The van der Waals surface area contributed by atoms with E-state index in [0.29, 0.717) is 5.75 Å². The summed E-state index contributed by atoms with van der Waals surface area (Å²) in [5.41, 5.74) is 1.42. The van der Waals surface area contributed by atoms with Gasteiger partial charge in [-0.05, 0) is 45.1 Å². The van der Waals surface area contributed by atoms with E-state index in [2.05, 4.69) is 29.1 Å². The molecule has 0 bridgehead atoms. The summed E-state index contributed by atoms with van der Waals surface area (Å²) in [5.74, 6) is 1.30. The topological polar surface area (TPSA) is 54.9 Å². The first kappa shape index (κ1) is 16.7. The lowest BCUT2D eigenvalue weighted by Gasteiger charge is -2.12. The largest absolute Gasteiger partial charge is 0.353 e. The minimum absolute atomic E-state index is 0.0900. The Labute approximate surface area is 145 Å². The second-order valence-corrected chi connectivity index (χ2v) is 8.21. The number of fused-ring (bicyclic) bond motifs is 3. The Morgan fingerprint density at radius 1 is 1.39 bits per heavy atom. The van der Waals surface area contributed by atoms with E-state index in [1.807, 2.05) is 6.92 Å². The van der Waals surface area contributed by atoms with Crippen molar-refractivity contribution < 1.29 is 4.79 Å². The quantitative estimate of drug-likeness (QED) is 0.635. The van der Waals surface area contributed by atoms with Gasteiger partial charge in [0.2, 0.25) is 5.91 Å². The summed E-state index contributed by atoms with van der Waals surface area (Å²) < 4.78 is 0. The fourth-order valence-electron chi connectivity index (χ4n) is 3.12. The summed E-state index contributed by atoms with van der Waals surface area (Å²) >= 11 is 3.35. The first-order valence-electron chi connectivity index (χ1n) is 8.29. The van der Waals surface area contributed by atoms with E-state index >= 15 is 0 Å². The van der Waals surface area contributed by atoms with Crippen LogP contribution in [-0.4, -0.2) is 27.7 Å². The second kappa shape index (κ2) is 7.18. The number of aryl methyl sites for hydroxylation is 3. The van der Waals surface area contributed by atoms with E-state index in [9.17, 15) is 4.79 Å². The van der Waals surface area contributed by atoms with E-state index in [1.54, 1.807) is 23.1 Å². The summed E-state index contributed by atoms with van der Waals surface area (Å²) in [6.07, 6.45) is 5.61. The fourth-order valence-corrected chi connectivity index (χ4v) is 5.41. The van der Waals surface area contributed by atoms with Crippen LogP contribution in [0, 0.1) is 6.92 Å². The third kappa shape index (κ3) is 3.69. The molecule has 2 aromatic heterocycles. The van der Waals surface area contributed by atoms with Crippen molar-refractivity contribution in [2.24, 2.45) is 0 Å². The van der Waals surface area contributed by atoms with Gasteiger partial charge in [0.1, 0.15) is 15.7 Å². The van der Waals surface area contributed by atoms with Crippen molar-refractivity contribution >= 4 is 39.2 Å². The molecule has 1 atom stereocenters. The van der Waals surface area contributed by atoms with Gasteiger partial charge in [0.15, 0.2) is 0 Å². The van der Waals surface area contributed by atoms with Crippen LogP contribution in [0.2, 0.25) is 0 Å². The van der Waals surface area contributed by atoms with Crippen molar-refractivity contribution in [3.8, 4) is 0 Å². The van der Waals surface area contributed by atoms with Crippen LogP contribution in [0.15, 0.2) is 5.03 Å². The van der Waals surface area contributed by atoms with Crippen molar-refractivity contribution in [3.05, 3.63) is 16.3 Å². The molecule has 1 aliphatic rings. The van der Waals surface area contributed by atoms with Crippen LogP contribution in [-0.2, 0) is 17.6 Å². The number of carbonyl (C=O) groups excluding carboxylic acids is 1. The van der Waals surface area contributed by atoms with Crippen molar-refractivity contribution in [2.75, 3.05) is 5.75 Å². The molecule has 124 valence electrons. The summed E-state index contributed by atoms with van der Waals surface area (Å²) in [7, 11) is 0. The van der Waals surface area contributed by atoms with Crippen LogP contribution in [0.3, 0.4) is 0 Å². The highest BCUT2D eigenvalue weighted by Crippen LogP contribution is 2.40. The molecule has 0 spiro atoms. The zero-order valence-corrected chi connectivity index (χ0v) is 15.6. The number of nitrogens with one attached hydrogen (secondary N) is 1. The molecule has 0 radical (unpaired) electrons. The van der Waals surface area contributed by atoms with Crippen molar-refractivity contribution in [2.45, 2.75) is 63.9 Å². The van der Waals surface area contributed by atoms with Gasteiger partial charge in [0.25, 0.3) is 0 Å².